The second-order valence-electron chi connectivity index (χ2n) is 4.67. The van der Waals surface area contributed by atoms with Gasteiger partial charge in [0.25, 0.3) is 0 Å². The van der Waals surface area contributed by atoms with Crippen LogP contribution in [-0.2, 0) is 4.74 Å². The van der Waals surface area contributed by atoms with Crippen molar-refractivity contribution in [1.82, 2.24) is 5.32 Å². The summed E-state index contributed by atoms with van der Waals surface area (Å²) < 4.78 is 18.9. The van der Waals surface area contributed by atoms with Crippen molar-refractivity contribution in [2.75, 3.05) is 19.7 Å². The molecular weight excluding hydrogens is 233 g/mol. The lowest BCUT2D eigenvalue weighted by molar-refractivity contribution is 0.102. The number of aliphatic hydroxyl groups is 1. The Morgan fingerprint density at radius 2 is 2.28 bits per heavy atom. The lowest BCUT2D eigenvalue weighted by atomic mass is 10.1. The third-order valence-corrected chi connectivity index (χ3v) is 3.27. The SMILES string of the molecule is OC(CNCCC1CCCO1)c1ccccc1F. The third kappa shape index (κ3) is 3.77. The van der Waals surface area contributed by atoms with Crippen LogP contribution < -0.4 is 5.32 Å². The predicted octanol–water partition coefficient (Wildman–Crippen LogP) is 2.02. The Morgan fingerprint density at radius 3 is 3.00 bits per heavy atom. The van der Waals surface area contributed by atoms with E-state index in [-0.39, 0.29) is 5.82 Å². The maximum atomic E-state index is 13.4. The van der Waals surface area contributed by atoms with Gasteiger partial charge in [0.15, 0.2) is 0 Å². The van der Waals surface area contributed by atoms with Crippen molar-refractivity contribution >= 4 is 0 Å². The van der Waals surface area contributed by atoms with Gasteiger partial charge < -0.3 is 15.2 Å². The van der Waals surface area contributed by atoms with E-state index in [2.05, 4.69) is 5.32 Å². The molecule has 0 aromatic heterocycles. The Hall–Kier alpha value is -0.970. The molecular formula is C14H20FNO2. The number of benzene rings is 1. The zero-order chi connectivity index (χ0) is 12.8. The van der Waals surface area contributed by atoms with Crippen LogP contribution in [0.5, 0.6) is 0 Å². The molecule has 2 unspecified atom stereocenters. The Labute approximate surface area is 107 Å². The van der Waals surface area contributed by atoms with Crippen LogP contribution in [0.4, 0.5) is 4.39 Å². The average Bonchev–Trinajstić information content (AvgIpc) is 2.88. The van der Waals surface area contributed by atoms with Crippen molar-refractivity contribution in [3.8, 4) is 0 Å². The largest absolute Gasteiger partial charge is 0.387 e. The Balaban J connectivity index is 1.68. The first-order valence-corrected chi connectivity index (χ1v) is 6.52. The third-order valence-electron chi connectivity index (χ3n) is 3.27. The van der Waals surface area contributed by atoms with E-state index in [1.165, 1.54) is 6.07 Å². The zero-order valence-corrected chi connectivity index (χ0v) is 10.4. The second-order valence-corrected chi connectivity index (χ2v) is 4.67. The summed E-state index contributed by atoms with van der Waals surface area (Å²) in [5, 5.41) is 13.0. The van der Waals surface area contributed by atoms with Gasteiger partial charge in [-0.3, -0.25) is 0 Å². The van der Waals surface area contributed by atoms with Gasteiger partial charge in [0.1, 0.15) is 5.82 Å². The second kappa shape index (κ2) is 6.83. The van der Waals surface area contributed by atoms with Gasteiger partial charge in [-0.1, -0.05) is 18.2 Å². The number of nitrogens with one attached hydrogen (secondary N) is 1. The average molecular weight is 253 g/mol. The van der Waals surface area contributed by atoms with E-state index in [1.807, 2.05) is 0 Å². The summed E-state index contributed by atoms with van der Waals surface area (Å²) >= 11 is 0. The fourth-order valence-electron chi connectivity index (χ4n) is 2.23. The van der Waals surface area contributed by atoms with Gasteiger partial charge in [0, 0.05) is 18.7 Å². The molecule has 1 aliphatic heterocycles. The predicted molar refractivity (Wildman–Crippen MR) is 67.8 cm³/mol. The molecule has 0 radical (unpaired) electrons. The molecule has 0 saturated carbocycles. The smallest absolute Gasteiger partial charge is 0.129 e. The number of hydrogen-bond donors (Lipinski definition) is 2. The highest BCUT2D eigenvalue weighted by Crippen LogP contribution is 2.16. The minimum Gasteiger partial charge on any atom is -0.387 e. The maximum absolute atomic E-state index is 13.4. The lowest BCUT2D eigenvalue weighted by Crippen LogP contribution is -2.25. The van der Waals surface area contributed by atoms with E-state index in [4.69, 9.17) is 4.74 Å². The molecule has 2 N–H and O–H groups in total. The summed E-state index contributed by atoms with van der Waals surface area (Å²) in [7, 11) is 0. The first-order valence-electron chi connectivity index (χ1n) is 6.52. The van der Waals surface area contributed by atoms with Gasteiger partial charge in [-0.25, -0.2) is 4.39 Å². The molecule has 2 rings (SSSR count). The first kappa shape index (κ1) is 13.5. The quantitative estimate of drug-likeness (QED) is 0.762. The number of aliphatic hydroxyl groups excluding tert-OH is 1. The maximum Gasteiger partial charge on any atom is 0.129 e. The summed E-state index contributed by atoms with van der Waals surface area (Å²) in [4.78, 5) is 0. The molecule has 0 amide bonds. The highest BCUT2D eigenvalue weighted by Gasteiger charge is 2.15. The molecule has 18 heavy (non-hydrogen) atoms. The normalized spacial score (nSPS) is 21.1. The van der Waals surface area contributed by atoms with Crippen LogP contribution in [0.25, 0.3) is 0 Å². The molecule has 3 nitrogen and oxygen atoms in total. The summed E-state index contributed by atoms with van der Waals surface area (Å²) in [5.74, 6) is -0.356. The molecule has 1 heterocycles. The monoisotopic (exact) mass is 253 g/mol. The zero-order valence-electron chi connectivity index (χ0n) is 10.4. The molecule has 0 bridgehead atoms. The molecule has 1 saturated heterocycles. The molecule has 1 fully saturated rings. The van der Waals surface area contributed by atoms with Gasteiger partial charge in [-0.2, -0.15) is 0 Å². The number of hydrogen-bond acceptors (Lipinski definition) is 3. The van der Waals surface area contributed by atoms with Gasteiger partial charge in [0.05, 0.1) is 12.2 Å². The van der Waals surface area contributed by atoms with Gasteiger partial charge in [0.2, 0.25) is 0 Å². The number of ether oxygens (including phenoxy) is 1. The highest BCUT2D eigenvalue weighted by molar-refractivity contribution is 5.19. The Morgan fingerprint density at radius 1 is 1.44 bits per heavy atom. The summed E-state index contributed by atoms with van der Waals surface area (Å²) in [6.07, 6.45) is 2.77. The molecule has 1 aliphatic rings. The molecule has 2 atom stereocenters. The van der Waals surface area contributed by atoms with Crippen molar-refractivity contribution < 1.29 is 14.2 Å². The van der Waals surface area contributed by atoms with Crippen LogP contribution in [0, 0.1) is 5.82 Å². The molecule has 100 valence electrons. The number of halogens is 1. The van der Waals surface area contributed by atoms with Crippen molar-refractivity contribution in [3.63, 3.8) is 0 Å². The van der Waals surface area contributed by atoms with Crippen LogP contribution in [0.1, 0.15) is 30.9 Å². The van der Waals surface area contributed by atoms with Crippen molar-refractivity contribution in [2.24, 2.45) is 0 Å². The van der Waals surface area contributed by atoms with Crippen molar-refractivity contribution in [2.45, 2.75) is 31.5 Å². The van der Waals surface area contributed by atoms with E-state index in [1.54, 1.807) is 18.2 Å². The fourth-order valence-corrected chi connectivity index (χ4v) is 2.23. The molecule has 0 aliphatic carbocycles. The molecule has 0 spiro atoms. The summed E-state index contributed by atoms with van der Waals surface area (Å²) in [5.41, 5.74) is 0.349. The van der Waals surface area contributed by atoms with E-state index in [0.29, 0.717) is 18.2 Å². The highest BCUT2D eigenvalue weighted by atomic mass is 19.1. The summed E-state index contributed by atoms with van der Waals surface area (Å²) in [6.45, 7) is 2.02. The topological polar surface area (TPSA) is 41.5 Å². The minimum absolute atomic E-state index is 0.349. The van der Waals surface area contributed by atoms with E-state index in [9.17, 15) is 9.50 Å². The lowest BCUT2D eigenvalue weighted by Gasteiger charge is -2.14. The van der Waals surface area contributed by atoms with Crippen LogP contribution in [0.3, 0.4) is 0 Å². The van der Waals surface area contributed by atoms with Gasteiger partial charge in [-0.05, 0) is 31.9 Å². The van der Waals surface area contributed by atoms with Crippen LogP contribution in [0.2, 0.25) is 0 Å². The molecule has 4 heteroatoms. The minimum atomic E-state index is -0.796. The fraction of sp³-hybridized carbons (Fsp3) is 0.571. The molecule has 1 aromatic carbocycles. The van der Waals surface area contributed by atoms with Gasteiger partial charge >= 0.3 is 0 Å². The van der Waals surface area contributed by atoms with E-state index < -0.39 is 6.10 Å². The van der Waals surface area contributed by atoms with Gasteiger partial charge in [-0.15, -0.1) is 0 Å². The van der Waals surface area contributed by atoms with Crippen LogP contribution in [-0.4, -0.2) is 30.9 Å². The Bertz CT molecular complexity index is 367. The number of rotatable bonds is 6. The Kier molecular flexibility index (Phi) is 5.11. The summed E-state index contributed by atoms with van der Waals surface area (Å²) in [6, 6.07) is 6.33. The van der Waals surface area contributed by atoms with Crippen LogP contribution >= 0.6 is 0 Å². The van der Waals surface area contributed by atoms with Crippen molar-refractivity contribution in [1.29, 1.82) is 0 Å². The van der Waals surface area contributed by atoms with E-state index in [0.717, 1.165) is 32.4 Å². The first-order chi connectivity index (χ1) is 8.77. The molecule has 1 aromatic rings. The van der Waals surface area contributed by atoms with E-state index >= 15 is 0 Å². The van der Waals surface area contributed by atoms with Crippen molar-refractivity contribution in [3.05, 3.63) is 35.6 Å². The van der Waals surface area contributed by atoms with Crippen LogP contribution in [0.15, 0.2) is 24.3 Å². The standard InChI is InChI=1S/C14H20FNO2/c15-13-6-2-1-5-12(13)14(17)10-16-8-7-11-4-3-9-18-11/h1-2,5-6,11,14,16-17H,3-4,7-10H2.